The number of carbonyl (C=O) groups is 2. The highest BCUT2D eigenvalue weighted by Gasteiger charge is 2.15. The minimum Gasteiger partial charge on any atom is -0.449 e. The van der Waals surface area contributed by atoms with Crippen LogP contribution in [-0.4, -0.2) is 53.3 Å². The Hall–Kier alpha value is -4.63. The summed E-state index contributed by atoms with van der Waals surface area (Å²) in [5.41, 5.74) is 4.05. The molecule has 4 rings (SSSR count). The maximum atomic E-state index is 13.0. The number of carbonyl (C=O) groups excluding carboxylic acids is 2. The molecule has 4 aromatic rings. The summed E-state index contributed by atoms with van der Waals surface area (Å²) in [6, 6.07) is 22.3. The molecule has 4 N–H and O–H groups in total. The molecule has 208 valence electrons. The van der Waals surface area contributed by atoms with Gasteiger partial charge in [0.2, 0.25) is 5.91 Å². The van der Waals surface area contributed by atoms with E-state index in [0.717, 1.165) is 22.1 Å². The van der Waals surface area contributed by atoms with Crippen molar-refractivity contribution in [1.82, 2.24) is 9.88 Å². The summed E-state index contributed by atoms with van der Waals surface area (Å²) in [5, 5.41) is 16.7. The van der Waals surface area contributed by atoms with E-state index in [1.807, 2.05) is 56.3 Å². The third kappa shape index (κ3) is 7.48. The Labute approximate surface area is 232 Å². The number of amides is 2. The second-order valence-electron chi connectivity index (χ2n) is 9.68. The molecule has 1 heterocycles. The predicted molar refractivity (Wildman–Crippen MR) is 157 cm³/mol. The first-order valence-corrected chi connectivity index (χ1v) is 13.2. The van der Waals surface area contributed by atoms with Gasteiger partial charge in [0.1, 0.15) is 0 Å². The van der Waals surface area contributed by atoms with Gasteiger partial charge in [-0.2, -0.15) is 0 Å². The fourth-order valence-electron chi connectivity index (χ4n) is 4.55. The third-order valence-electron chi connectivity index (χ3n) is 6.67. The van der Waals surface area contributed by atoms with Gasteiger partial charge in [-0.1, -0.05) is 49.4 Å². The summed E-state index contributed by atoms with van der Waals surface area (Å²) in [5.74, 6) is -0.167. The van der Waals surface area contributed by atoms with Gasteiger partial charge in [0.15, 0.2) is 0 Å². The first-order valence-electron chi connectivity index (χ1n) is 13.2. The van der Waals surface area contributed by atoms with E-state index < -0.39 is 6.09 Å². The average Bonchev–Trinajstić information content (AvgIpc) is 2.95. The van der Waals surface area contributed by atoms with Crippen molar-refractivity contribution in [3.8, 4) is 0 Å². The molecule has 0 saturated carbocycles. The van der Waals surface area contributed by atoms with Gasteiger partial charge in [-0.05, 0) is 59.3 Å². The molecule has 3 aromatic carbocycles. The minimum absolute atomic E-state index is 0.0143. The number of H-pyrrole nitrogens is 1. The minimum atomic E-state index is -0.556. The molecule has 0 saturated heterocycles. The smallest absolute Gasteiger partial charge is 0.411 e. The number of nitrogens with zero attached hydrogens (tertiary/aromatic N) is 1. The van der Waals surface area contributed by atoms with Crippen LogP contribution in [0.3, 0.4) is 0 Å². The maximum absolute atomic E-state index is 13.0. The third-order valence-corrected chi connectivity index (χ3v) is 6.67. The Balaban J connectivity index is 1.33. The fourth-order valence-corrected chi connectivity index (χ4v) is 4.55. The van der Waals surface area contributed by atoms with Crippen LogP contribution in [0.5, 0.6) is 0 Å². The van der Waals surface area contributed by atoms with Crippen molar-refractivity contribution in [2.75, 3.05) is 36.9 Å². The highest BCUT2D eigenvalue weighted by Crippen LogP contribution is 2.20. The normalized spacial score (nSPS) is 11.6. The number of aliphatic hydroxyl groups is 1. The van der Waals surface area contributed by atoms with E-state index in [4.69, 9.17) is 4.74 Å². The predicted octanol–water partition coefficient (Wildman–Crippen LogP) is 4.62. The molecule has 40 heavy (non-hydrogen) atoms. The number of hydrogen-bond donors (Lipinski definition) is 4. The van der Waals surface area contributed by atoms with E-state index >= 15 is 0 Å². The van der Waals surface area contributed by atoms with Crippen molar-refractivity contribution >= 4 is 34.1 Å². The standard InChI is InChI=1S/C31H34N4O5/c1-21-6-3-4-9-27(21)22(2)20-40-31(39)34-26-8-5-7-23(16-26)19-35(14-15-36)29(37)18-33-25-11-10-24-12-13-32-30(38)28(24)17-25/h3-13,16-17,22,33,36H,14-15,18-20H2,1-2H3,(H,32,38)(H,34,39). The van der Waals surface area contributed by atoms with Crippen LogP contribution < -0.4 is 16.2 Å². The fraction of sp³-hybridized carbons (Fsp3) is 0.258. The number of ether oxygens (including phenoxy) is 1. The van der Waals surface area contributed by atoms with E-state index in [1.165, 1.54) is 4.90 Å². The van der Waals surface area contributed by atoms with Crippen LogP contribution >= 0.6 is 0 Å². The number of fused-ring (bicyclic) bond motifs is 1. The number of aliphatic hydroxyl groups excluding tert-OH is 1. The summed E-state index contributed by atoms with van der Waals surface area (Å²) >= 11 is 0. The molecule has 0 bridgehead atoms. The highest BCUT2D eigenvalue weighted by molar-refractivity contribution is 5.87. The van der Waals surface area contributed by atoms with Crippen molar-refractivity contribution in [1.29, 1.82) is 0 Å². The summed E-state index contributed by atoms with van der Waals surface area (Å²) < 4.78 is 5.45. The highest BCUT2D eigenvalue weighted by atomic mass is 16.5. The number of aryl methyl sites for hydroxylation is 1. The molecule has 1 unspecified atom stereocenters. The van der Waals surface area contributed by atoms with Crippen molar-refractivity contribution in [2.24, 2.45) is 0 Å². The number of nitrogens with one attached hydrogen (secondary N) is 3. The average molecular weight is 543 g/mol. The topological polar surface area (TPSA) is 124 Å². The van der Waals surface area contributed by atoms with Gasteiger partial charge in [0.05, 0.1) is 19.8 Å². The number of hydrogen-bond acceptors (Lipinski definition) is 6. The summed E-state index contributed by atoms with van der Waals surface area (Å²) in [7, 11) is 0. The monoisotopic (exact) mass is 542 g/mol. The van der Waals surface area contributed by atoms with Gasteiger partial charge in [-0.15, -0.1) is 0 Å². The Kier molecular flexibility index (Phi) is 9.53. The summed E-state index contributed by atoms with van der Waals surface area (Å²) in [6.45, 7) is 4.47. The summed E-state index contributed by atoms with van der Waals surface area (Å²) in [6.07, 6.45) is 1.04. The largest absolute Gasteiger partial charge is 0.449 e. The molecule has 9 heteroatoms. The molecule has 0 aliphatic heterocycles. The van der Waals surface area contributed by atoms with Gasteiger partial charge in [0, 0.05) is 42.0 Å². The summed E-state index contributed by atoms with van der Waals surface area (Å²) in [4.78, 5) is 41.7. The number of aromatic nitrogens is 1. The lowest BCUT2D eigenvalue weighted by Gasteiger charge is -2.23. The van der Waals surface area contributed by atoms with Crippen LogP contribution in [-0.2, 0) is 16.1 Å². The Morgan fingerprint density at radius 3 is 2.65 bits per heavy atom. The lowest BCUT2D eigenvalue weighted by molar-refractivity contribution is -0.130. The van der Waals surface area contributed by atoms with Crippen molar-refractivity contribution < 1.29 is 19.4 Å². The van der Waals surface area contributed by atoms with Gasteiger partial charge < -0.3 is 25.0 Å². The van der Waals surface area contributed by atoms with Crippen LogP contribution in [0.15, 0.2) is 83.8 Å². The number of aromatic amines is 1. The number of rotatable bonds is 11. The van der Waals surface area contributed by atoms with Gasteiger partial charge >= 0.3 is 6.09 Å². The lowest BCUT2D eigenvalue weighted by atomic mass is 9.97. The molecule has 0 fully saturated rings. The second kappa shape index (κ2) is 13.4. The molecule has 9 nitrogen and oxygen atoms in total. The zero-order valence-corrected chi connectivity index (χ0v) is 22.6. The molecule has 2 amide bonds. The second-order valence-corrected chi connectivity index (χ2v) is 9.68. The maximum Gasteiger partial charge on any atom is 0.411 e. The zero-order chi connectivity index (χ0) is 28.5. The van der Waals surface area contributed by atoms with Crippen LogP contribution in [0.4, 0.5) is 16.2 Å². The van der Waals surface area contributed by atoms with Crippen LogP contribution in [0.1, 0.15) is 29.5 Å². The van der Waals surface area contributed by atoms with Gasteiger partial charge in [0.25, 0.3) is 5.56 Å². The van der Waals surface area contributed by atoms with Gasteiger partial charge in [-0.25, -0.2) is 4.79 Å². The molecular weight excluding hydrogens is 508 g/mol. The Morgan fingerprint density at radius 2 is 1.85 bits per heavy atom. The SMILES string of the molecule is Cc1ccccc1C(C)COC(=O)Nc1cccc(CN(CCO)C(=O)CNc2ccc3cc[nH]c(=O)c3c2)c1. The molecule has 0 aliphatic rings. The van der Waals surface area contributed by atoms with E-state index in [1.54, 1.807) is 36.5 Å². The number of anilines is 2. The molecular formula is C31H34N4O5. The zero-order valence-electron chi connectivity index (χ0n) is 22.6. The molecule has 0 radical (unpaired) electrons. The van der Waals surface area contributed by atoms with E-state index in [9.17, 15) is 19.5 Å². The van der Waals surface area contributed by atoms with Crippen molar-refractivity contribution in [3.05, 3.63) is 106 Å². The van der Waals surface area contributed by atoms with Crippen molar-refractivity contribution in [3.63, 3.8) is 0 Å². The quantitative estimate of drug-likeness (QED) is 0.219. The lowest BCUT2D eigenvalue weighted by Crippen LogP contribution is -2.37. The molecule has 1 atom stereocenters. The first kappa shape index (κ1) is 28.4. The molecule has 0 aliphatic carbocycles. The van der Waals surface area contributed by atoms with Gasteiger partial charge in [-0.3, -0.25) is 14.9 Å². The molecule has 1 aromatic heterocycles. The number of benzene rings is 3. The molecule has 0 spiro atoms. The van der Waals surface area contributed by atoms with E-state index in [0.29, 0.717) is 16.8 Å². The van der Waals surface area contributed by atoms with Crippen LogP contribution in [0.2, 0.25) is 0 Å². The van der Waals surface area contributed by atoms with Crippen molar-refractivity contribution in [2.45, 2.75) is 26.3 Å². The van der Waals surface area contributed by atoms with E-state index in [-0.39, 0.29) is 50.2 Å². The van der Waals surface area contributed by atoms with Crippen LogP contribution in [0, 0.1) is 6.92 Å². The van der Waals surface area contributed by atoms with Crippen LogP contribution in [0.25, 0.3) is 10.8 Å². The van der Waals surface area contributed by atoms with E-state index in [2.05, 4.69) is 15.6 Å². The Bertz CT molecular complexity index is 1530. The number of pyridine rings is 1. The first-order chi connectivity index (χ1) is 19.3. The Morgan fingerprint density at radius 1 is 1.02 bits per heavy atom.